The number of ether oxygens (including phenoxy) is 2. The van der Waals surface area contributed by atoms with Gasteiger partial charge in [0, 0.05) is 45.1 Å². The summed E-state index contributed by atoms with van der Waals surface area (Å²) in [6, 6.07) is 16.7. The van der Waals surface area contributed by atoms with E-state index in [0.717, 1.165) is 70.2 Å². The Morgan fingerprint density at radius 2 is 1.74 bits per heavy atom. The van der Waals surface area contributed by atoms with Gasteiger partial charge in [0.2, 0.25) is 0 Å². The molecule has 0 saturated carbocycles. The first kappa shape index (κ1) is 21.2. The van der Waals surface area contributed by atoms with Crippen molar-refractivity contribution in [3.63, 3.8) is 0 Å². The molecule has 1 fully saturated rings. The minimum atomic E-state index is 0.766. The normalized spacial score (nSPS) is 14.5. The zero-order valence-corrected chi connectivity index (χ0v) is 18.3. The van der Waals surface area contributed by atoms with Crippen molar-refractivity contribution in [3.05, 3.63) is 72.8 Å². The first-order valence-electron chi connectivity index (χ1n) is 11.1. The topological polar surface area (TPSA) is 42.8 Å². The quantitative estimate of drug-likeness (QED) is 0.465. The van der Waals surface area contributed by atoms with Crippen LogP contribution in [-0.2, 0) is 6.54 Å². The van der Waals surface area contributed by atoms with Crippen molar-refractivity contribution in [2.45, 2.75) is 19.4 Å². The minimum Gasteiger partial charge on any atom is -0.495 e. The molecule has 2 heterocycles. The fourth-order valence-electron chi connectivity index (χ4n) is 4.01. The molecule has 0 unspecified atom stereocenters. The Labute approximate surface area is 185 Å². The molecular formula is C25H32N4O2. The molecule has 0 radical (unpaired) electrons. The van der Waals surface area contributed by atoms with Crippen molar-refractivity contribution in [2.75, 3.05) is 51.3 Å². The standard InChI is InChI=1S/C25H32N4O2/c1-30-25-7-3-2-6-24(25)29-17-15-27(16-18-29)13-4-5-19-31-23-10-8-22(9-11-23)20-28-14-12-26-21-28/h2-3,6-12,14,21H,4-5,13,15-20H2,1H3. The highest BCUT2D eigenvalue weighted by atomic mass is 16.5. The molecule has 1 saturated heterocycles. The van der Waals surface area contributed by atoms with Crippen LogP contribution in [0.5, 0.6) is 11.5 Å². The first-order valence-corrected chi connectivity index (χ1v) is 11.1. The van der Waals surface area contributed by atoms with E-state index in [-0.39, 0.29) is 0 Å². The van der Waals surface area contributed by atoms with Gasteiger partial charge < -0.3 is 18.9 Å². The van der Waals surface area contributed by atoms with Gasteiger partial charge in [-0.2, -0.15) is 0 Å². The molecule has 6 nitrogen and oxygen atoms in total. The third-order valence-electron chi connectivity index (χ3n) is 5.78. The van der Waals surface area contributed by atoms with Crippen molar-refractivity contribution >= 4 is 5.69 Å². The fourth-order valence-corrected chi connectivity index (χ4v) is 4.01. The number of aromatic nitrogens is 2. The second-order valence-corrected chi connectivity index (χ2v) is 7.94. The number of benzene rings is 2. The van der Waals surface area contributed by atoms with Crippen LogP contribution in [0.2, 0.25) is 0 Å². The molecule has 1 aromatic heterocycles. The van der Waals surface area contributed by atoms with Gasteiger partial charge in [0.25, 0.3) is 0 Å². The zero-order valence-electron chi connectivity index (χ0n) is 18.3. The Balaban J connectivity index is 1.11. The summed E-state index contributed by atoms with van der Waals surface area (Å²) in [6.07, 6.45) is 7.85. The molecule has 0 atom stereocenters. The number of para-hydroxylation sites is 2. The van der Waals surface area contributed by atoms with Gasteiger partial charge in [-0.3, -0.25) is 4.90 Å². The summed E-state index contributed by atoms with van der Waals surface area (Å²) in [7, 11) is 1.74. The van der Waals surface area contributed by atoms with Gasteiger partial charge in [-0.25, -0.2) is 4.98 Å². The molecular weight excluding hydrogens is 388 g/mol. The molecule has 1 aliphatic rings. The van der Waals surface area contributed by atoms with E-state index in [0.29, 0.717) is 0 Å². The number of unbranched alkanes of at least 4 members (excludes halogenated alkanes) is 1. The minimum absolute atomic E-state index is 0.766. The lowest BCUT2D eigenvalue weighted by Crippen LogP contribution is -2.46. The maximum atomic E-state index is 5.93. The highest BCUT2D eigenvalue weighted by molar-refractivity contribution is 5.58. The molecule has 0 aliphatic carbocycles. The second kappa shape index (κ2) is 10.9. The van der Waals surface area contributed by atoms with E-state index in [1.807, 2.05) is 24.7 Å². The van der Waals surface area contributed by atoms with Gasteiger partial charge in [0.05, 0.1) is 25.7 Å². The lowest BCUT2D eigenvalue weighted by atomic mass is 10.2. The van der Waals surface area contributed by atoms with Crippen LogP contribution in [0.3, 0.4) is 0 Å². The zero-order chi connectivity index (χ0) is 21.3. The van der Waals surface area contributed by atoms with E-state index in [2.05, 4.69) is 55.7 Å². The van der Waals surface area contributed by atoms with Crippen LogP contribution in [0.25, 0.3) is 0 Å². The molecule has 2 aromatic carbocycles. The predicted molar refractivity (Wildman–Crippen MR) is 124 cm³/mol. The number of hydrogen-bond donors (Lipinski definition) is 0. The fraction of sp³-hybridized carbons (Fsp3) is 0.400. The van der Waals surface area contributed by atoms with Crippen LogP contribution in [0.15, 0.2) is 67.3 Å². The Morgan fingerprint density at radius 1 is 0.935 bits per heavy atom. The average Bonchev–Trinajstić information content (AvgIpc) is 3.33. The Morgan fingerprint density at radius 3 is 2.48 bits per heavy atom. The van der Waals surface area contributed by atoms with E-state index >= 15 is 0 Å². The molecule has 0 amide bonds. The highest BCUT2D eigenvalue weighted by Gasteiger charge is 2.18. The average molecular weight is 421 g/mol. The molecule has 0 spiro atoms. The summed E-state index contributed by atoms with van der Waals surface area (Å²) in [5.41, 5.74) is 2.45. The van der Waals surface area contributed by atoms with E-state index in [4.69, 9.17) is 9.47 Å². The smallest absolute Gasteiger partial charge is 0.142 e. The molecule has 31 heavy (non-hydrogen) atoms. The monoisotopic (exact) mass is 420 g/mol. The van der Waals surface area contributed by atoms with Crippen LogP contribution in [-0.4, -0.2) is 60.9 Å². The number of methoxy groups -OCH3 is 1. The van der Waals surface area contributed by atoms with Crippen LogP contribution >= 0.6 is 0 Å². The van der Waals surface area contributed by atoms with Crippen LogP contribution in [0.1, 0.15) is 18.4 Å². The van der Waals surface area contributed by atoms with Gasteiger partial charge in [-0.1, -0.05) is 24.3 Å². The van der Waals surface area contributed by atoms with E-state index in [1.54, 1.807) is 13.3 Å². The lowest BCUT2D eigenvalue weighted by molar-refractivity contribution is 0.238. The van der Waals surface area contributed by atoms with Crippen molar-refractivity contribution in [3.8, 4) is 11.5 Å². The lowest BCUT2D eigenvalue weighted by Gasteiger charge is -2.36. The van der Waals surface area contributed by atoms with Crippen molar-refractivity contribution in [1.82, 2.24) is 14.5 Å². The van der Waals surface area contributed by atoms with Gasteiger partial charge in [0.15, 0.2) is 0 Å². The summed E-state index contributed by atoms with van der Waals surface area (Å²) in [5, 5.41) is 0. The molecule has 3 aromatic rings. The number of piperazine rings is 1. The highest BCUT2D eigenvalue weighted by Crippen LogP contribution is 2.28. The predicted octanol–water partition coefficient (Wildman–Crippen LogP) is 3.92. The number of imidazole rings is 1. The molecule has 164 valence electrons. The summed E-state index contributed by atoms with van der Waals surface area (Å²) in [6.45, 7) is 7.01. The van der Waals surface area contributed by atoms with Crippen LogP contribution < -0.4 is 14.4 Å². The largest absolute Gasteiger partial charge is 0.495 e. The van der Waals surface area contributed by atoms with Gasteiger partial charge in [0.1, 0.15) is 11.5 Å². The number of nitrogens with zero attached hydrogens (tertiary/aromatic N) is 4. The van der Waals surface area contributed by atoms with E-state index < -0.39 is 0 Å². The number of anilines is 1. The van der Waals surface area contributed by atoms with Crippen molar-refractivity contribution < 1.29 is 9.47 Å². The van der Waals surface area contributed by atoms with Gasteiger partial charge in [-0.05, 0) is 49.2 Å². The molecule has 4 rings (SSSR count). The number of rotatable bonds is 10. The molecule has 0 N–H and O–H groups in total. The van der Waals surface area contributed by atoms with Gasteiger partial charge >= 0.3 is 0 Å². The SMILES string of the molecule is COc1ccccc1N1CCN(CCCCOc2ccc(Cn3ccnc3)cc2)CC1. The summed E-state index contributed by atoms with van der Waals surface area (Å²) in [5.74, 6) is 1.91. The maximum absolute atomic E-state index is 5.93. The first-order chi connectivity index (χ1) is 15.3. The molecule has 6 heteroatoms. The third kappa shape index (κ3) is 6.01. The summed E-state index contributed by atoms with van der Waals surface area (Å²) < 4.78 is 13.5. The maximum Gasteiger partial charge on any atom is 0.142 e. The molecule has 1 aliphatic heterocycles. The van der Waals surface area contributed by atoms with E-state index in [9.17, 15) is 0 Å². The Hall–Kier alpha value is -2.99. The van der Waals surface area contributed by atoms with Crippen LogP contribution in [0, 0.1) is 0 Å². The summed E-state index contributed by atoms with van der Waals surface area (Å²) in [4.78, 5) is 9.06. The number of hydrogen-bond acceptors (Lipinski definition) is 5. The van der Waals surface area contributed by atoms with E-state index in [1.165, 1.54) is 11.3 Å². The second-order valence-electron chi connectivity index (χ2n) is 7.94. The summed E-state index contributed by atoms with van der Waals surface area (Å²) >= 11 is 0. The Kier molecular flexibility index (Phi) is 7.45. The third-order valence-corrected chi connectivity index (χ3v) is 5.78. The Bertz CT molecular complexity index is 904. The molecule has 0 bridgehead atoms. The van der Waals surface area contributed by atoms with Crippen molar-refractivity contribution in [1.29, 1.82) is 0 Å². The van der Waals surface area contributed by atoms with Crippen LogP contribution in [0.4, 0.5) is 5.69 Å². The van der Waals surface area contributed by atoms with Gasteiger partial charge in [-0.15, -0.1) is 0 Å². The van der Waals surface area contributed by atoms with Crippen molar-refractivity contribution in [2.24, 2.45) is 0 Å².